The maximum absolute atomic E-state index is 11.7. The van der Waals surface area contributed by atoms with Crippen molar-refractivity contribution >= 4 is 23.4 Å². The van der Waals surface area contributed by atoms with Crippen molar-refractivity contribution in [2.45, 2.75) is 13.3 Å². The Morgan fingerprint density at radius 2 is 2.25 bits per heavy atom. The summed E-state index contributed by atoms with van der Waals surface area (Å²) in [6.45, 7) is 2.33. The Morgan fingerprint density at radius 1 is 1.50 bits per heavy atom. The fourth-order valence-corrected chi connectivity index (χ4v) is 1.71. The van der Waals surface area contributed by atoms with Gasteiger partial charge in [0.1, 0.15) is 0 Å². The highest BCUT2D eigenvalue weighted by atomic mass is 32.2. The van der Waals surface area contributed by atoms with Crippen LogP contribution in [0, 0.1) is 6.92 Å². The molecule has 4 heteroatoms. The highest BCUT2D eigenvalue weighted by Gasteiger charge is 2.11. The molecule has 1 aromatic carbocycles. The van der Waals surface area contributed by atoms with E-state index in [1.54, 1.807) is 17.8 Å². The molecular weight excluding hydrogens is 222 g/mol. The van der Waals surface area contributed by atoms with E-state index < -0.39 is 0 Å². The molecule has 0 saturated carbocycles. The van der Waals surface area contributed by atoms with Crippen LogP contribution in [0.25, 0.3) is 0 Å². The molecule has 0 atom stereocenters. The summed E-state index contributed by atoms with van der Waals surface area (Å²) in [5.41, 5.74) is 7.68. The molecule has 0 amide bonds. The minimum Gasteiger partial charge on any atom is -0.462 e. The van der Waals surface area contributed by atoms with Gasteiger partial charge in [-0.05, 0) is 37.0 Å². The predicted molar refractivity (Wildman–Crippen MR) is 68.9 cm³/mol. The lowest BCUT2D eigenvalue weighted by atomic mass is 10.1. The van der Waals surface area contributed by atoms with Gasteiger partial charge in [0.15, 0.2) is 0 Å². The van der Waals surface area contributed by atoms with Gasteiger partial charge < -0.3 is 10.5 Å². The molecule has 16 heavy (non-hydrogen) atoms. The van der Waals surface area contributed by atoms with Crippen molar-refractivity contribution in [3.63, 3.8) is 0 Å². The van der Waals surface area contributed by atoms with Crippen LogP contribution in [0.1, 0.15) is 22.3 Å². The van der Waals surface area contributed by atoms with E-state index in [4.69, 9.17) is 10.5 Å². The van der Waals surface area contributed by atoms with Gasteiger partial charge in [-0.2, -0.15) is 11.8 Å². The molecule has 0 unspecified atom stereocenters. The molecule has 0 aliphatic heterocycles. The minimum atomic E-state index is -0.331. The van der Waals surface area contributed by atoms with Crippen molar-refractivity contribution in [2.24, 2.45) is 0 Å². The SMILES string of the molecule is CSCCCOC(=O)c1cccc(C)c1N. The molecule has 3 nitrogen and oxygen atoms in total. The van der Waals surface area contributed by atoms with Crippen molar-refractivity contribution in [1.82, 2.24) is 0 Å². The van der Waals surface area contributed by atoms with E-state index in [0.717, 1.165) is 17.7 Å². The molecule has 0 radical (unpaired) electrons. The van der Waals surface area contributed by atoms with Crippen LogP contribution in [-0.2, 0) is 4.74 Å². The van der Waals surface area contributed by atoms with Crippen molar-refractivity contribution in [2.75, 3.05) is 24.3 Å². The number of benzene rings is 1. The molecular formula is C12H17NO2S. The highest BCUT2D eigenvalue weighted by Crippen LogP contribution is 2.17. The number of hydrogen-bond donors (Lipinski definition) is 1. The number of thioether (sulfide) groups is 1. The number of nitrogen functional groups attached to an aromatic ring is 1. The smallest absolute Gasteiger partial charge is 0.340 e. The molecule has 0 aliphatic carbocycles. The number of carbonyl (C=O) groups is 1. The Labute approximate surface area is 100 Å². The second kappa shape index (κ2) is 6.43. The van der Waals surface area contributed by atoms with E-state index in [2.05, 4.69) is 0 Å². The summed E-state index contributed by atoms with van der Waals surface area (Å²) >= 11 is 1.74. The molecule has 0 aliphatic rings. The summed E-state index contributed by atoms with van der Waals surface area (Å²) in [7, 11) is 0. The number of aryl methyl sites for hydroxylation is 1. The molecule has 2 N–H and O–H groups in total. The number of carbonyl (C=O) groups excluding carboxylic acids is 1. The van der Waals surface area contributed by atoms with E-state index in [1.807, 2.05) is 25.3 Å². The lowest BCUT2D eigenvalue weighted by molar-refractivity contribution is 0.0507. The number of ether oxygens (including phenoxy) is 1. The normalized spacial score (nSPS) is 10.1. The van der Waals surface area contributed by atoms with Crippen LogP contribution in [0.15, 0.2) is 18.2 Å². The summed E-state index contributed by atoms with van der Waals surface area (Å²) < 4.78 is 5.13. The molecule has 0 heterocycles. The second-order valence-corrected chi connectivity index (χ2v) is 4.50. The van der Waals surface area contributed by atoms with Gasteiger partial charge >= 0.3 is 5.97 Å². The first-order valence-electron chi connectivity index (χ1n) is 5.18. The van der Waals surface area contributed by atoms with Gasteiger partial charge in [0.25, 0.3) is 0 Å². The third-order valence-corrected chi connectivity index (χ3v) is 2.97. The van der Waals surface area contributed by atoms with Gasteiger partial charge in [-0.15, -0.1) is 0 Å². The van der Waals surface area contributed by atoms with E-state index in [0.29, 0.717) is 17.9 Å². The maximum atomic E-state index is 11.7. The number of esters is 1. The monoisotopic (exact) mass is 239 g/mol. The Morgan fingerprint density at radius 3 is 2.94 bits per heavy atom. The van der Waals surface area contributed by atoms with Gasteiger partial charge in [-0.3, -0.25) is 0 Å². The van der Waals surface area contributed by atoms with Crippen LogP contribution in [0.3, 0.4) is 0 Å². The zero-order valence-electron chi connectivity index (χ0n) is 9.66. The van der Waals surface area contributed by atoms with Crippen molar-refractivity contribution in [3.8, 4) is 0 Å². The van der Waals surface area contributed by atoms with E-state index in [9.17, 15) is 4.79 Å². The number of rotatable bonds is 5. The molecule has 0 saturated heterocycles. The molecule has 88 valence electrons. The quantitative estimate of drug-likeness (QED) is 0.487. The predicted octanol–water partition coefficient (Wildman–Crippen LogP) is 2.49. The van der Waals surface area contributed by atoms with Crippen LogP contribution >= 0.6 is 11.8 Å². The van der Waals surface area contributed by atoms with Crippen molar-refractivity contribution in [3.05, 3.63) is 29.3 Å². The van der Waals surface area contributed by atoms with Crippen molar-refractivity contribution in [1.29, 1.82) is 0 Å². The summed E-state index contributed by atoms with van der Waals surface area (Å²) in [5, 5.41) is 0. The molecule has 0 bridgehead atoms. The standard InChI is InChI=1S/C12H17NO2S/c1-9-5-3-6-10(11(9)13)12(14)15-7-4-8-16-2/h3,5-6H,4,7-8,13H2,1-2H3. The van der Waals surface area contributed by atoms with Gasteiger partial charge in [0.05, 0.1) is 12.2 Å². The van der Waals surface area contributed by atoms with Crippen LogP contribution in [0.2, 0.25) is 0 Å². The molecule has 0 aromatic heterocycles. The fourth-order valence-electron chi connectivity index (χ4n) is 1.30. The lowest BCUT2D eigenvalue weighted by Gasteiger charge is -2.08. The molecule has 0 spiro atoms. The maximum Gasteiger partial charge on any atom is 0.340 e. The summed E-state index contributed by atoms with van der Waals surface area (Å²) in [6, 6.07) is 5.38. The average Bonchev–Trinajstić information content (AvgIpc) is 2.28. The number of para-hydroxylation sites is 1. The molecule has 0 fully saturated rings. The van der Waals surface area contributed by atoms with Crippen molar-refractivity contribution < 1.29 is 9.53 Å². The third-order valence-electron chi connectivity index (χ3n) is 2.27. The summed E-state index contributed by atoms with van der Waals surface area (Å²) in [5.74, 6) is 0.665. The molecule has 1 aromatic rings. The van der Waals surface area contributed by atoms with E-state index in [1.165, 1.54) is 0 Å². The van der Waals surface area contributed by atoms with Gasteiger partial charge in [-0.25, -0.2) is 4.79 Å². The minimum absolute atomic E-state index is 0.331. The fraction of sp³-hybridized carbons (Fsp3) is 0.417. The van der Waals surface area contributed by atoms with Crippen LogP contribution < -0.4 is 5.73 Å². The van der Waals surface area contributed by atoms with E-state index >= 15 is 0 Å². The third kappa shape index (κ3) is 3.45. The van der Waals surface area contributed by atoms with Crippen LogP contribution in [-0.4, -0.2) is 24.6 Å². The Bertz CT molecular complexity index is 366. The zero-order chi connectivity index (χ0) is 12.0. The topological polar surface area (TPSA) is 52.3 Å². The van der Waals surface area contributed by atoms with Gasteiger partial charge in [0.2, 0.25) is 0 Å². The zero-order valence-corrected chi connectivity index (χ0v) is 10.5. The highest BCUT2D eigenvalue weighted by molar-refractivity contribution is 7.98. The Balaban J connectivity index is 2.56. The number of nitrogens with two attached hydrogens (primary N) is 1. The van der Waals surface area contributed by atoms with E-state index in [-0.39, 0.29) is 5.97 Å². The van der Waals surface area contributed by atoms with Gasteiger partial charge in [0, 0.05) is 5.69 Å². The summed E-state index contributed by atoms with van der Waals surface area (Å²) in [4.78, 5) is 11.7. The Hall–Kier alpha value is -1.16. The average molecular weight is 239 g/mol. The first-order valence-corrected chi connectivity index (χ1v) is 6.57. The summed E-state index contributed by atoms with van der Waals surface area (Å²) in [6.07, 6.45) is 2.90. The first kappa shape index (κ1) is 12.9. The first-order chi connectivity index (χ1) is 7.66. The second-order valence-electron chi connectivity index (χ2n) is 3.52. The largest absolute Gasteiger partial charge is 0.462 e. The number of anilines is 1. The van der Waals surface area contributed by atoms with Crippen LogP contribution in [0.4, 0.5) is 5.69 Å². The molecule has 1 rings (SSSR count). The van der Waals surface area contributed by atoms with Gasteiger partial charge in [-0.1, -0.05) is 12.1 Å². The lowest BCUT2D eigenvalue weighted by Crippen LogP contribution is -2.10. The Kier molecular flexibility index (Phi) is 5.19. The number of hydrogen-bond acceptors (Lipinski definition) is 4. The van der Waals surface area contributed by atoms with Crippen LogP contribution in [0.5, 0.6) is 0 Å².